The van der Waals surface area contributed by atoms with E-state index in [1.807, 2.05) is 12.1 Å². The van der Waals surface area contributed by atoms with Gasteiger partial charge in [0.05, 0.1) is 18.4 Å². The van der Waals surface area contributed by atoms with E-state index < -0.39 is 10.0 Å². The minimum Gasteiger partial charge on any atom is -0.352 e. The van der Waals surface area contributed by atoms with Crippen LogP contribution < -0.4 is 10.0 Å². The predicted octanol–water partition coefficient (Wildman–Crippen LogP) is 2.90. The topological polar surface area (TPSA) is 78.5 Å². The molecule has 29 heavy (non-hydrogen) atoms. The van der Waals surface area contributed by atoms with Crippen molar-refractivity contribution < 1.29 is 13.2 Å². The van der Waals surface area contributed by atoms with E-state index in [1.165, 1.54) is 24.8 Å². The molecule has 2 aromatic carbocycles. The Morgan fingerprint density at radius 1 is 0.931 bits per heavy atom. The van der Waals surface area contributed by atoms with Gasteiger partial charge in [-0.3, -0.25) is 14.4 Å². The highest BCUT2D eigenvalue weighted by Gasteiger charge is 2.14. The molecule has 1 fully saturated rings. The molecular weight excluding hydrogens is 386 g/mol. The lowest BCUT2D eigenvalue weighted by Crippen LogP contribution is -2.30. The first-order valence-electron chi connectivity index (χ1n) is 10.0. The Labute approximate surface area is 173 Å². The van der Waals surface area contributed by atoms with Crippen LogP contribution in [0.1, 0.15) is 36.0 Å². The summed E-state index contributed by atoms with van der Waals surface area (Å²) in [6.07, 6.45) is 5.03. The Kier molecular flexibility index (Phi) is 7.28. The van der Waals surface area contributed by atoms with Gasteiger partial charge in [-0.1, -0.05) is 48.9 Å². The van der Waals surface area contributed by atoms with Crippen LogP contribution >= 0.6 is 0 Å². The summed E-state index contributed by atoms with van der Waals surface area (Å²) in [5.74, 6) is -0.138. The molecule has 0 bridgehead atoms. The number of nitrogens with zero attached hydrogens (tertiary/aromatic N) is 1. The molecule has 1 saturated heterocycles. The number of likely N-dealkylation sites (tertiary alicyclic amines) is 1. The molecule has 0 aliphatic carbocycles. The highest BCUT2D eigenvalue weighted by molar-refractivity contribution is 7.92. The highest BCUT2D eigenvalue weighted by Crippen LogP contribution is 2.18. The molecule has 7 heteroatoms. The number of hydrogen-bond donors (Lipinski definition) is 2. The van der Waals surface area contributed by atoms with E-state index in [2.05, 4.69) is 27.1 Å². The smallest absolute Gasteiger partial charge is 0.229 e. The van der Waals surface area contributed by atoms with E-state index >= 15 is 0 Å². The zero-order valence-electron chi connectivity index (χ0n) is 16.9. The van der Waals surface area contributed by atoms with Crippen LogP contribution in [0, 0.1) is 0 Å². The molecular formula is C22H29N3O3S. The van der Waals surface area contributed by atoms with Gasteiger partial charge in [-0.25, -0.2) is 8.42 Å². The fourth-order valence-corrected chi connectivity index (χ4v) is 4.24. The van der Waals surface area contributed by atoms with Crippen LogP contribution in [0.3, 0.4) is 0 Å². The van der Waals surface area contributed by atoms with Crippen LogP contribution in [0.5, 0.6) is 0 Å². The Morgan fingerprint density at radius 3 is 2.24 bits per heavy atom. The second-order valence-electron chi connectivity index (χ2n) is 7.59. The third kappa shape index (κ3) is 6.87. The molecule has 6 nitrogen and oxygen atoms in total. The van der Waals surface area contributed by atoms with Crippen molar-refractivity contribution in [1.82, 2.24) is 10.2 Å². The molecule has 2 aromatic rings. The van der Waals surface area contributed by atoms with Crippen LogP contribution in [-0.2, 0) is 34.3 Å². The van der Waals surface area contributed by atoms with Gasteiger partial charge < -0.3 is 5.32 Å². The molecule has 1 amide bonds. The summed E-state index contributed by atoms with van der Waals surface area (Å²) in [4.78, 5) is 15.0. The molecule has 0 saturated carbocycles. The number of amides is 1. The van der Waals surface area contributed by atoms with Gasteiger partial charge in [0, 0.05) is 13.1 Å². The summed E-state index contributed by atoms with van der Waals surface area (Å²) >= 11 is 0. The molecule has 0 unspecified atom stereocenters. The van der Waals surface area contributed by atoms with E-state index in [9.17, 15) is 13.2 Å². The Balaban J connectivity index is 1.60. The minimum absolute atomic E-state index is 0.118. The largest absolute Gasteiger partial charge is 0.352 e. The maximum absolute atomic E-state index is 12.5. The number of sulfonamides is 1. The Bertz CT molecular complexity index is 938. The number of piperidine rings is 1. The van der Waals surface area contributed by atoms with Crippen LogP contribution in [0.4, 0.5) is 5.69 Å². The zero-order chi connectivity index (χ0) is 20.7. The average Bonchev–Trinajstić information content (AvgIpc) is 2.68. The standard InChI is InChI=1S/C22H29N3O3S/c1-29(27,28)24-21-12-6-5-9-18(21)15-22(26)23-16-19-10-3-4-11-20(19)17-25-13-7-2-8-14-25/h3-6,9-12,24H,2,7-8,13-17H2,1H3,(H,23,26). The zero-order valence-corrected chi connectivity index (χ0v) is 17.7. The van der Waals surface area contributed by atoms with E-state index in [-0.39, 0.29) is 12.3 Å². The molecule has 0 radical (unpaired) electrons. The summed E-state index contributed by atoms with van der Waals surface area (Å²) in [6.45, 7) is 3.63. The van der Waals surface area contributed by atoms with Crippen molar-refractivity contribution in [3.05, 3.63) is 65.2 Å². The van der Waals surface area contributed by atoms with Gasteiger partial charge in [0.15, 0.2) is 0 Å². The van der Waals surface area contributed by atoms with Gasteiger partial charge >= 0.3 is 0 Å². The van der Waals surface area contributed by atoms with Gasteiger partial charge in [-0.05, 0) is 48.7 Å². The second kappa shape index (κ2) is 9.89. The monoisotopic (exact) mass is 415 g/mol. The number of hydrogen-bond acceptors (Lipinski definition) is 4. The third-order valence-corrected chi connectivity index (χ3v) is 5.69. The first-order valence-corrected chi connectivity index (χ1v) is 11.9. The second-order valence-corrected chi connectivity index (χ2v) is 9.34. The lowest BCUT2D eigenvalue weighted by molar-refractivity contribution is -0.120. The number of nitrogens with one attached hydrogen (secondary N) is 2. The average molecular weight is 416 g/mol. The van der Waals surface area contributed by atoms with E-state index in [4.69, 9.17) is 0 Å². The summed E-state index contributed by atoms with van der Waals surface area (Å²) in [5, 5.41) is 2.98. The van der Waals surface area contributed by atoms with Crippen LogP contribution in [0.15, 0.2) is 48.5 Å². The SMILES string of the molecule is CS(=O)(=O)Nc1ccccc1CC(=O)NCc1ccccc1CN1CCCCC1. The number of carbonyl (C=O) groups is 1. The molecule has 2 N–H and O–H groups in total. The third-order valence-electron chi connectivity index (χ3n) is 5.10. The lowest BCUT2D eigenvalue weighted by Gasteiger charge is -2.27. The molecule has 0 atom stereocenters. The van der Waals surface area contributed by atoms with Gasteiger partial charge in [0.25, 0.3) is 0 Å². The Morgan fingerprint density at radius 2 is 1.55 bits per heavy atom. The van der Waals surface area contributed by atoms with Crippen molar-refractivity contribution in [2.75, 3.05) is 24.1 Å². The van der Waals surface area contributed by atoms with Gasteiger partial charge in [-0.15, -0.1) is 0 Å². The molecule has 0 spiro atoms. The van der Waals surface area contributed by atoms with E-state index in [1.54, 1.807) is 24.3 Å². The molecule has 1 aliphatic rings. The van der Waals surface area contributed by atoms with Crippen molar-refractivity contribution in [2.24, 2.45) is 0 Å². The highest BCUT2D eigenvalue weighted by atomic mass is 32.2. The molecule has 3 rings (SSSR count). The fourth-order valence-electron chi connectivity index (χ4n) is 3.65. The molecule has 0 aromatic heterocycles. The Hall–Kier alpha value is -2.38. The minimum atomic E-state index is -3.40. The summed E-state index contributed by atoms with van der Waals surface area (Å²) in [7, 11) is -3.40. The quantitative estimate of drug-likeness (QED) is 0.695. The van der Waals surface area contributed by atoms with Crippen molar-refractivity contribution in [2.45, 2.75) is 38.8 Å². The van der Waals surface area contributed by atoms with E-state index in [0.717, 1.165) is 31.5 Å². The van der Waals surface area contributed by atoms with Crippen molar-refractivity contribution >= 4 is 21.6 Å². The van der Waals surface area contributed by atoms with E-state index in [0.29, 0.717) is 17.8 Å². The maximum Gasteiger partial charge on any atom is 0.229 e. The number of para-hydroxylation sites is 1. The molecule has 1 aliphatic heterocycles. The van der Waals surface area contributed by atoms with Gasteiger partial charge in [-0.2, -0.15) is 0 Å². The predicted molar refractivity (Wildman–Crippen MR) is 116 cm³/mol. The van der Waals surface area contributed by atoms with Crippen LogP contribution in [0.2, 0.25) is 0 Å². The molecule has 156 valence electrons. The number of carbonyl (C=O) groups excluding carboxylic acids is 1. The first kappa shape index (κ1) is 21.3. The summed E-state index contributed by atoms with van der Waals surface area (Å²) in [6, 6.07) is 15.2. The summed E-state index contributed by atoms with van der Waals surface area (Å²) < 4.78 is 25.5. The lowest BCUT2D eigenvalue weighted by atomic mass is 10.0. The van der Waals surface area contributed by atoms with Crippen LogP contribution in [-0.4, -0.2) is 38.6 Å². The first-order chi connectivity index (χ1) is 13.9. The molecule has 1 heterocycles. The summed E-state index contributed by atoms with van der Waals surface area (Å²) in [5.41, 5.74) is 3.45. The van der Waals surface area contributed by atoms with Crippen LogP contribution in [0.25, 0.3) is 0 Å². The maximum atomic E-state index is 12.5. The van der Waals surface area contributed by atoms with Crippen molar-refractivity contribution in [3.8, 4) is 0 Å². The number of anilines is 1. The normalized spacial score (nSPS) is 15.1. The van der Waals surface area contributed by atoms with Gasteiger partial charge in [0.2, 0.25) is 15.9 Å². The van der Waals surface area contributed by atoms with Crippen molar-refractivity contribution in [3.63, 3.8) is 0 Å². The number of benzene rings is 2. The fraction of sp³-hybridized carbons (Fsp3) is 0.409. The van der Waals surface area contributed by atoms with Crippen molar-refractivity contribution in [1.29, 1.82) is 0 Å². The van der Waals surface area contributed by atoms with Gasteiger partial charge in [0.1, 0.15) is 0 Å². The number of rotatable bonds is 8.